The number of nitrogens with two attached hydrogens (primary N) is 1. The second-order valence-corrected chi connectivity index (χ2v) is 3.75. The van der Waals surface area contributed by atoms with E-state index in [1.165, 1.54) is 19.3 Å². The Morgan fingerprint density at radius 3 is 2.67 bits per heavy atom. The van der Waals surface area contributed by atoms with Gasteiger partial charge >= 0.3 is 0 Å². The van der Waals surface area contributed by atoms with Gasteiger partial charge in [-0.1, -0.05) is 32.6 Å². The minimum Gasteiger partial charge on any atom is -0.383 e. The maximum atomic E-state index is 11.1. The van der Waals surface area contributed by atoms with Gasteiger partial charge < -0.3 is 15.8 Å². The highest BCUT2D eigenvalue weighted by atomic mass is 16.5. The molecule has 1 unspecified atom stereocenters. The molecule has 15 heavy (non-hydrogen) atoms. The van der Waals surface area contributed by atoms with Crippen LogP contribution in [0.25, 0.3) is 0 Å². The van der Waals surface area contributed by atoms with Crippen LogP contribution in [0.4, 0.5) is 0 Å². The van der Waals surface area contributed by atoms with Gasteiger partial charge in [-0.3, -0.25) is 4.79 Å². The molecule has 1 amide bonds. The topological polar surface area (TPSA) is 64.3 Å². The maximum absolute atomic E-state index is 11.1. The van der Waals surface area contributed by atoms with E-state index in [1.54, 1.807) is 7.11 Å². The fraction of sp³-hybridized carbons (Fsp3) is 0.909. The zero-order chi connectivity index (χ0) is 11.5. The normalized spacial score (nSPS) is 12.7. The first-order valence-electron chi connectivity index (χ1n) is 5.74. The van der Waals surface area contributed by atoms with Gasteiger partial charge in [0.05, 0.1) is 12.6 Å². The van der Waals surface area contributed by atoms with Crippen LogP contribution in [0.5, 0.6) is 0 Å². The van der Waals surface area contributed by atoms with Gasteiger partial charge in [-0.15, -0.1) is 0 Å². The predicted molar refractivity (Wildman–Crippen MR) is 61.6 cm³/mol. The Kier molecular flexibility index (Phi) is 9.52. The summed E-state index contributed by atoms with van der Waals surface area (Å²) < 4.78 is 4.90. The van der Waals surface area contributed by atoms with E-state index < -0.39 is 0 Å². The Labute approximate surface area is 92.6 Å². The molecule has 0 aromatic carbocycles. The smallest absolute Gasteiger partial charge is 0.234 e. The highest BCUT2D eigenvalue weighted by Gasteiger charge is 2.13. The first kappa shape index (κ1) is 14.4. The first-order valence-corrected chi connectivity index (χ1v) is 5.74. The molecule has 90 valence electrons. The molecular weight excluding hydrogens is 192 g/mol. The Morgan fingerprint density at radius 1 is 1.40 bits per heavy atom. The Hall–Kier alpha value is -0.610. The number of hydrogen-bond acceptors (Lipinski definition) is 3. The number of unbranched alkanes of at least 4 members (excludes halogenated alkanes) is 3. The number of carbonyl (C=O) groups excluding carboxylic acids is 1. The summed E-state index contributed by atoms with van der Waals surface area (Å²) in [6.07, 6.45) is 5.49. The molecule has 0 aromatic heterocycles. The van der Waals surface area contributed by atoms with E-state index in [-0.39, 0.29) is 11.9 Å². The lowest BCUT2D eigenvalue weighted by Gasteiger charge is -2.14. The lowest BCUT2D eigenvalue weighted by atomic mass is 10.1. The Balaban J connectivity index is 3.59. The molecule has 0 aliphatic rings. The van der Waals surface area contributed by atoms with Crippen LogP contribution in [0.15, 0.2) is 0 Å². The second-order valence-electron chi connectivity index (χ2n) is 3.75. The number of hydrogen-bond donors (Lipinski definition) is 2. The molecule has 0 aromatic rings. The van der Waals surface area contributed by atoms with Gasteiger partial charge in [0.15, 0.2) is 0 Å². The summed E-state index contributed by atoms with van der Waals surface area (Å²) in [7, 11) is 1.64. The third-order valence-corrected chi connectivity index (χ3v) is 2.39. The summed E-state index contributed by atoms with van der Waals surface area (Å²) in [6.45, 7) is 3.46. The summed E-state index contributed by atoms with van der Waals surface area (Å²) >= 11 is 0. The summed E-state index contributed by atoms with van der Waals surface area (Å²) in [5, 5.41) is 3.10. The molecule has 4 nitrogen and oxygen atoms in total. The first-order chi connectivity index (χ1) is 7.22. The van der Waals surface area contributed by atoms with Crippen LogP contribution in [0.2, 0.25) is 0 Å². The SMILES string of the molecule is CCCCCCC(NCCOC)C(N)=O. The van der Waals surface area contributed by atoms with Gasteiger partial charge in [0.25, 0.3) is 0 Å². The van der Waals surface area contributed by atoms with E-state index in [1.807, 2.05) is 0 Å². The number of ether oxygens (including phenoxy) is 1. The number of primary amides is 1. The van der Waals surface area contributed by atoms with Crippen LogP contribution in [0.3, 0.4) is 0 Å². The minimum absolute atomic E-state index is 0.197. The van der Waals surface area contributed by atoms with Gasteiger partial charge in [0.2, 0.25) is 5.91 Å². The van der Waals surface area contributed by atoms with E-state index in [0.717, 1.165) is 12.8 Å². The van der Waals surface area contributed by atoms with E-state index in [0.29, 0.717) is 13.2 Å². The average molecular weight is 216 g/mol. The summed E-state index contributed by atoms with van der Waals surface area (Å²) in [4.78, 5) is 11.1. The van der Waals surface area contributed by atoms with Crippen molar-refractivity contribution in [1.29, 1.82) is 0 Å². The Bertz CT molecular complexity index is 163. The van der Waals surface area contributed by atoms with Crippen molar-refractivity contribution < 1.29 is 9.53 Å². The van der Waals surface area contributed by atoms with Gasteiger partial charge in [-0.2, -0.15) is 0 Å². The van der Waals surface area contributed by atoms with Crippen molar-refractivity contribution in [1.82, 2.24) is 5.32 Å². The third kappa shape index (κ3) is 8.39. The van der Waals surface area contributed by atoms with Gasteiger partial charge in [-0.25, -0.2) is 0 Å². The predicted octanol–water partition coefficient (Wildman–Crippen LogP) is 1.05. The lowest BCUT2D eigenvalue weighted by molar-refractivity contribution is -0.120. The lowest BCUT2D eigenvalue weighted by Crippen LogP contribution is -2.42. The highest BCUT2D eigenvalue weighted by Crippen LogP contribution is 2.05. The molecule has 0 spiro atoms. The summed E-state index contributed by atoms with van der Waals surface area (Å²) in [5.41, 5.74) is 5.29. The van der Waals surface area contributed by atoms with Crippen molar-refractivity contribution in [2.75, 3.05) is 20.3 Å². The molecule has 0 rings (SSSR count). The second kappa shape index (κ2) is 9.93. The molecule has 0 radical (unpaired) electrons. The fourth-order valence-electron chi connectivity index (χ4n) is 1.46. The number of carbonyl (C=O) groups is 1. The highest BCUT2D eigenvalue weighted by molar-refractivity contribution is 5.79. The molecule has 0 aliphatic heterocycles. The molecule has 3 N–H and O–H groups in total. The Morgan fingerprint density at radius 2 is 2.13 bits per heavy atom. The largest absolute Gasteiger partial charge is 0.383 e. The van der Waals surface area contributed by atoms with Crippen molar-refractivity contribution in [2.24, 2.45) is 5.73 Å². The van der Waals surface area contributed by atoms with Gasteiger partial charge in [0.1, 0.15) is 0 Å². The van der Waals surface area contributed by atoms with Crippen LogP contribution in [-0.2, 0) is 9.53 Å². The van der Waals surface area contributed by atoms with Gasteiger partial charge in [0, 0.05) is 13.7 Å². The van der Waals surface area contributed by atoms with Crippen LogP contribution < -0.4 is 11.1 Å². The zero-order valence-electron chi connectivity index (χ0n) is 9.92. The molecule has 1 atom stereocenters. The quantitative estimate of drug-likeness (QED) is 0.536. The number of methoxy groups -OCH3 is 1. The van der Waals surface area contributed by atoms with Crippen LogP contribution in [0, 0.1) is 0 Å². The van der Waals surface area contributed by atoms with Crippen molar-refractivity contribution in [3.63, 3.8) is 0 Å². The number of nitrogens with one attached hydrogen (secondary N) is 1. The van der Waals surface area contributed by atoms with E-state index >= 15 is 0 Å². The van der Waals surface area contributed by atoms with E-state index in [4.69, 9.17) is 10.5 Å². The number of amides is 1. The molecule has 0 saturated carbocycles. The summed E-state index contributed by atoms with van der Waals surface area (Å²) in [6, 6.07) is -0.197. The van der Waals surface area contributed by atoms with Crippen molar-refractivity contribution in [3.05, 3.63) is 0 Å². The monoisotopic (exact) mass is 216 g/mol. The van der Waals surface area contributed by atoms with E-state index in [2.05, 4.69) is 12.2 Å². The molecule has 0 fully saturated rings. The fourth-order valence-corrected chi connectivity index (χ4v) is 1.46. The minimum atomic E-state index is -0.261. The molecule has 0 bridgehead atoms. The standard InChI is InChI=1S/C11H24N2O2/c1-3-4-5-6-7-10(11(12)14)13-8-9-15-2/h10,13H,3-9H2,1-2H3,(H2,12,14). The van der Waals surface area contributed by atoms with Crippen molar-refractivity contribution in [3.8, 4) is 0 Å². The van der Waals surface area contributed by atoms with Crippen LogP contribution in [-0.4, -0.2) is 32.2 Å². The van der Waals surface area contributed by atoms with Crippen LogP contribution in [0.1, 0.15) is 39.0 Å². The molecule has 0 aliphatic carbocycles. The van der Waals surface area contributed by atoms with Crippen molar-refractivity contribution >= 4 is 5.91 Å². The molecule has 0 saturated heterocycles. The maximum Gasteiger partial charge on any atom is 0.234 e. The van der Waals surface area contributed by atoms with E-state index in [9.17, 15) is 4.79 Å². The molecular formula is C11H24N2O2. The van der Waals surface area contributed by atoms with Gasteiger partial charge in [-0.05, 0) is 6.42 Å². The molecule has 0 heterocycles. The third-order valence-electron chi connectivity index (χ3n) is 2.39. The average Bonchev–Trinajstić information content (AvgIpc) is 2.21. The number of rotatable bonds is 10. The van der Waals surface area contributed by atoms with Crippen LogP contribution >= 0.6 is 0 Å². The van der Waals surface area contributed by atoms with Crippen molar-refractivity contribution in [2.45, 2.75) is 45.1 Å². The molecule has 4 heteroatoms. The summed E-state index contributed by atoms with van der Waals surface area (Å²) in [5.74, 6) is -0.261. The zero-order valence-corrected chi connectivity index (χ0v) is 9.92.